The second kappa shape index (κ2) is 8.52. The summed E-state index contributed by atoms with van der Waals surface area (Å²) in [6.45, 7) is 1.47. The predicted molar refractivity (Wildman–Crippen MR) is 70.5 cm³/mol. The molecular weight excluding hydrogens is 272 g/mol. The summed E-state index contributed by atoms with van der Waals surface area (Å²) in [5, 5.41) is 8.39. The SMILES string of the molecule is COC(=O)[C@H](CCC(=O)C=N)NC(=O)[C@H](C)S(C)=O. The van der Waals surface area contributed by atoms with Crippen LogP contribution in [0.2, 0.25) is 0 Å². The highest BCUT2D eigenvalue weighted by atomic mass is 32.2. The van der Waals surface area contributed by atoms with Crippen LogP contribution in [0.25, 0.3) is 0 Å². The van der Waals surface area contributed by atoms with Crippen molar-refractivity contribution in [3.8, 4) is 0 Å². The summed E-state index contributed by atoms with van der Waals surface area (Å²) in [7, 11) is -0.186. The van der Waals surface area contributed by atoms with E-state index in [4.69, 9.17) is 5.41 Å². The van der Waals surface area contributed by atoms with Crippen molar-refractivity contribution in [2.24, 2.45) is 0 Å². The van der Waals surface area contributed by atoms with Crippen LogP contribution in [0, 0.1) is 5.41 Å². The second-order valence-electron chi connectivity index (χ2n) is 3.87. The normalized spacial score (nSPS) is 14.9. The van der Waals surface area contributed by atoms with Gasteiger partial charge in [0.2, 0.25) is 5.91 Å². The number of carbonyl (C=O) groups is 3. The van der Waals surface area contributed by atoms with E-state index in [9.17, 15) is 18.6 Å². The van der Waals surface area contributed by atoms with E-state index in [1.165, 1.54) is 20.3 Å². The Hall–Kier alpha value is -1.57. The summed E-state index contributed by atoms with van der Waals surface area (Å²) in [6.07, 6.45) is 2.03. The highest BCUT2D eigenvalue weighted by molar-refractivity contribution is 7.85. The largest absolute Gasteiger partial charge is 0.467 e. The summed E-state index contributed by atoms with van der Waals surface area (Å²) >= 11 is 0. The van der Waals surface area contributed by atoms with Crippen molar-refractivity contribution >= 4 is 34.7 Å². The second-order valence-corrected chi connectivity index (χ2v) is 5.58. The lowest BCUT2D eigenvalue weighted by molar-refractivity contribution is -0.145. The fourth-order valence-corrected chi connectivity index (χ4v) is 1.56. The first-order valence-electron chi connectivity index (χ1n) is 5.57. The van der Waals surface area contributed by atoms with E-state index >= 15 is 0 Å². The summed E-state index contributed by atoms with van der Waals surface area (Å²) in [6, 6.07) is -0.979. The molecule has 2 N–H and O–H groups in total. The molecule has 0 aromatic heterocycles. The molecule has 19 heavy (non-hydrogen) atoms. The van der Waals surface area contributed by atoms with Crippen LogP contribution in [0.5, 0.6) is 0 Å². The molecule has 0 aromatic carbocycles. The summed E-state index contributed by atoms with van der Waals surface area (Å²) in [5.41, 5.74) is 0. The van der Waals surface area contributed by atoms with Gasteiger partial charge in [0.15, 0.2) is 5.78 Å². The number of ketones is 1. The van der Waals surface area contributed by atoms with E-state index in [1.54, 1.807) is 0 Å². The number of Topliss-reactive ketones (excluding diaryl/α,β-unsaturated/α-hetero) is 1. The molecule has 1 unspecified atom stereocenters. The maximum Gasteiger partial charge on any atom is 0.328 e. The van der Waals surface area contributed by atoms with Gasteiger partial charge in [0.25, 0.3) is 0 Å². The molecule has 0 heterocycles. The first-order valence-corrected chi connectivity index (χ1v) is 7.19. The lowest BCUT2D eigenvalue weighted by Crippen LogP contribution is -2.46. The van der Waals surface area contributed by atoms with E-state index in [0.29, 0.717) is 6.21 Å². The van der Waals surface area contributed by atoms with Gasteiger partial charge < -0.3 is 15.5 Å². The van der Waals surface area contributed by atoms with Crippen LogP contribution < -0.4 is 5.32 Å². The number of rotatable bonds is 8. The van der Waals surface area contributed by atoms with Gasteiger partial charge in [-0.2, -0.15) is 0 Å². The minimum atomic E-state index is -1.35. The number of hydrogen-bond acceptors (Lipinski definition) is 6. The Balaban J connectivity index is 4.64. The van der Waals surface area contributed by atoms with Crippen LogP contribution in [0.1, 0.15) is 19.8 Å². The van der Waals surface area contributed by atoms with E-state index in [-0.39, 0.29) is 12.8 Å². The molecule has 0 bridgehead atoms. The molecule has 0 saturated heterocycles. The lowest BCUT2D eigenvalue weighted by Gasteiger charge is -2.17. The average molecular weight is 290 g/mol. The zero-order valence-corrected chi connectivity index (χ0v) is 11.9. The van der Waals surface area contributed by atoms with Crippen molar-refractivity contribution < 1.29 is 23.3 Å². The molecule has 108 valence electrons. The van der Waals surface area contributed by atoms with Gasteiger partial charge in [-0.1, -0.05) is 0 Å². The van der Waals surface area contributed by atoms with Gasteiger partial charge in [0.05, 0.1) is 13.3 Å². The number of carbonyl (C=O) groups excluding carboxylic acids is 3. The van der Waals surface area contributed by atoms with Crippen molar-refractivity contribution in [3.63, 3.8) is 0 Å². The average Bonchev–Trinajstić information content (AvgIpc) is 2.40. The van der Waals surface area contributed by atoms with Crippen LogP contribution in [-0.2, 0) is 29.9 Å². The van der Waals surface area contributed by atoms with Gasteiger partial charge in [-0.05, 0) is 13.3 Å². The molecule has 7 nitrogen and oxygen atoms in total. The van der Waals surface area contributed by atoms with Crippen molar-refractivity contribution in [3.05, 3.63) is 0 Å². The molecule has 0 aromatic rings. The van der Waals surface area contributed by atoms with Gasteiger partial charge in [0, 0.05) is 23.5 Å². The molecule has 0 rings (SSSR count). The van der Waals surface area contributed by atoms with Crippen LogP contribution in [-0.4, -0.2) is 52.7 Å². The van der Waals surface area contributed by atoms with Gasteiger partial charge in [-0.15, -0.1) is 0 Å². The molecule has 0 fully saturated rings. The zero-order chi connectivity index (χ0) is 15.0. The molecule has 3 atom stereocenters. The zero-order valence-electron chi connectivity index (χ0n) is 11.1. The van der Waals surface area contributed by atoms with Crippen LogP contribution >= 0.6 is 0 Å². The van der Waals surface area contributed by atoms with E-state index < -0.39 is 39.8 Å². The van der Waals surface area contributed by atoms with E-state index in [2.05, 4.69) is 10.1 Å². The smallest absolute Gasteiger partial charge is 0.328 e. The number of amides is 1. The molecule has 1 amide bonds. The Morgan fingerprint density at radius 1 is 1.42 bits per heavy atom. The van der Waals surface area contributed by atoms with Crippen molar-refractivity contribution in [2.75, 3.05) is 13.4 Å². The van der Waals surface area contributed by atoms with Crippen LogP contribution in [0.15, 0.2) is 0 Å². The van der Waals surface area contributed by atoms with Gasteiger partial charge in [-0.3, -0.25) is 13.8 Å². The fourth-order valence-electron chi connectivity index (χ4n) is 1.19. The number of esters is 1. The molecule has 0 saturated carbocycles. The lowest BCUT2D eigenvalue weighted by atomic mass is 10.1. The minimum absolute atomic E-state index is 0.0374. The summed E-state index contributed by atoms with van der Waals surface area (Å²) < 4.78 is 15.7. The minimum Gasteiger partial charge on any atom is -0.467 e. The first-order chi connectivity index (χ1) is 8.83. The quantitative estimate of drug-likeness (QED) is 0.458. The molecule has 0 aliphatic rings. The van der Waals surface area contributed by atoms with Crippen molar-refractivity contribution in [2.45, 2.75) is 31.1 Å². The van der Waals surface area contributed by atoms with E-state index in [1.807, 2.05) is 0 Å². The van der Waals surface area contributed by atoms with Gasteiger partial charge >= 0.3 is 5.97 Å². The third-order valence-electron chi connectivity index (χ3n) is 2.51. The predicted octanol–water partition coefficient (Wildman–Crippen LogP) is -0.590. The van der Waals surface area contributed by atoms with E-state index in [0.717, 1.165) is 0 Å². The number of nitrogens with one attached hydrogen (secondary N) is 2. The summed E-state index contributed by atoms with van der Waals surface area (Å²) in [5.74, 6) is -1.67. The van der Waals surface area contributed by atoms with Gasteiger partial charge in [0.1, 0.15) is 11.3 Å². The monoisotopic (exact) mass is 290 g/mol. The maximum atomic E-state index is 11.7. The fraction of sp³-hybridized carbons (Fsp3) is 0.636. The Morgan fingerprint density at radius 2 is 2.00 bits per heavy atom. The highest BCUT2D eigenvalue weighted by Crippen LogP contribution is 2.02. The Labute approximate surface area is 114 Å². The number of methoxy groups -OCH3 is 1. The molecule has 0 aliphatic carbocycles. The molecule has 0 spiro atoms. The first kappa shape index (κ1) is 17.4. The number of hydrogen-bond donors (Lipinski definition) is 2. The van der Waals surface area contributed by atoms with Crippen LogP contribution in [0.4, 0.5) is 0 Å². The molecule has 0 radical (unpaired) electrons. The Kier molecular flexibility index (Phi) is 7.81. The molecule has 8 heteroatoms. The Bertz CT molecular complexity index is 397. The standard InChI is InChI=1S/C11H18N2O5S/c1-7(19(3)17)10(15)13-9(11(16)18-2)5-4-8(14)6-12/h6-7,9,12H,4-5H2,1-3H3,(H,13,15)/t7-,9-,19?/m0/s1. The van der Waals surface area contributed by atoms with Crippen LogP contribution in [0.3, 0.4) is 0 Å². The third kappa shape index (κ3) is 6.23. The van der Waals surface area contributed by atoms with Gasteiger partial charge in [-0.25, -0.2) is 4.79 Å². The maximum absolute atomic E-state index is 11.7. The van der Waals surface area contributed by atoms with Crippen molar-refractivity contribution in [1.82, 2.24) is 5.32 Å². The number of ether oxygens (including phenoxy) is 1. The summed E-state index contributed by atoms with van der Waals surface area (Å²) in [4.78, 5) is 34.1. The topological polar surface area (TPSA) is 113 Å². The highest BCUT2D eigenvalue weighted by Gasteiger charge is 2.25. The van der Waals surface area contributed by atoms with Crippen molar-refractivity contribution in [1.29, 1.82) is 5.41 Å². The molecule has 0 aliphatic heterocycles. The third-order valence-corrected chi connectivity index (χ3v) is 3.72. The Morgan fingerprint density at radius 3 is 2.42 bits per heavy atom. The molecular formula is C11H18N2O5S.